The summed E-state index contributed by atoms with van der Waals surface area (Å²) in [5.41, 5.74) is 2.40. The van der Waals surface area contributed by atoms with Crippen LogP contribution in [0.1, 0.15) is 24.1 Å². The van der Waals surface area contributed by atoms with E-state index in [1.807, 2.05) is 29.9 Å². The van der Waals surface area contributed by atoms with Gasteiger partial charge in [-0.2, -0.15) is 5.10 Å². The summed E-state index contributed by atoms with van der Waals surface area (Å²) in [6, 6.07) is 0.0105. The molecule has 0 spiro atoms. The number of nitrogens with zero attached hydrogens (tertiary/aromatic N) is 4. The zero-order chi connectivity index (χ0) is 15.9. The van der Waals surface area contributed by atoms with Crippen molar-refractivity contribution in [3.05, 3.63) is 17.5 Å². The Morgan fingerprint density at radius 2 is 2.41 bits per heavy atom. The van der Waals surface area contributed by atoms with Crippen molar-refractivity contribution in [1.29, 1.82) is 0 Å². The Bertz CT molecular complexity index is 545. The number of fused-ring (bicyclic) bond motifs is 1. The maximum absolute atomic E-state index is 12.3. The smallest absolute Gasteiger partial charge is 0.317 e. The van der Waals surface area contributed by atoms with Gasteiger partial charge >= 0.3 is 6.03 Å². The molecule has 0 radical (unpaired) electrons. The maximum Gasteiger partial charge on any atom is 0.317 e. The molecule has 1 aromatic heterocycles. The lowest BCUT2D eigenvalue weighted by molar-refractivity contribution is 0.195. The Kier molecular flexibility index (Phi) is 5.84. The lowest BCUT2D eigenvalue weighted by Crippen LogP contribution is -2.40. The summed E-state index contributed by atoms with van der Waals surface area (Å²) in [6.45, 7) is 3.63. The van der Waals surface area contributed by atoms with Crippen molar-refractivity contribution in [2.24, 2.45) is 7.05 Å². The van der Waals surface area contributed by atoms with E-state index in [-0.39, 0.29) is 6.03 Å². The van der Waals surface area contributed by atoms with Crippen LogP contribution in [0.15, 0.2) is 6.20 Å². The summed E-state index contributed by atoms with van der Waals surface area (Å²) in [6.07, 6.45) is 9.99. The maximum atomic E-state index is 12.3. The number of hydrogen-bond donors (Lipinski definition) is 1. The minimum Gasteiger partial charge on any atom is -0.338 e. The van der Waals surface area contributed by atoms with E-state index in [2.05, 4.69) is 21.2 Å². The molecule has 1 N–H and O–H groups in total. The Morgan fingerprint density at radius 1 is 1.59 bits per heavy atom. The number of aryl methyl sites for hydroxylation is 1. The molecule has 6 heteroatoms. The van der Waals surface area contributed by atoms with Crippen LogP contribution in [0.25, 0.3) is 0 Å². The van der Waals surface area contributed by atoms with Gasteiger partial charge in [-0.05, 0) is 26.3 Å². The molecule has 1 aromatic rings. The fourth-order valence-electron chi connectivity index (χ4n) is 2.75. The highest BCUT2D eigenvalue weighted by Crippen LogP contribution is 2.17. The van der Waals surface area contributed by atoms with Gasteiger partial charge in [-0.15, -0.1) is 6.42 Å². The molecule has 0 aromatic carbocycles. The van der Waals surface area contributed by atoms with Gasteiger partial charge < -0.3 is 10.2 Å². The van der Waals surface area contributed by atoms with Crippen molar-refractivity contribution in [2.75, 3.05) is 33.2 Å². The number of carbonyl (C=O) groups excluding carboxylic acids is 1. The van der Waals surface area contributed by atoms with Gasteiger partial charge in [0.05, 0.1) is 19.3 Å². The largest absolute Gasteiger partial charge is 0.338 e. The lowest BCUT2D eigenvalue weighted by Gasteiger charge is -2.21. The first kappa shape index (κ1) is 16.4. The molecule has 2 heterocycles. The second-order valence-corrected chi connectivity index (χ2v) is 5.79. The molecule has 0 fully saturated rings. The van der Waals surface area contributed by atoms with Crippen LogP contribution in [0.2, 0.25) is 0 Å². The lowest BCUT2D eigenvalue weighted by atomic mass is 10.2. The molecular weight excluding hydrogens is 278 g/mol. The summed E-state index contributed by atoms with van der Waals surface area (Å²) >= 11 is 0. The Labute approximate surface area is 132 Å². The quantitative estimate of drug-likeness (QED) is 0.648. The molecule has 1 aliphatic heterocycles. The summed E-state index contributed by atoms with van der Waals surface area (Å²) < 4.78 is 1.91. The van der Waals surface area contributed by atoms with Crippen molar-refractivity contribution in [2.45, 2.75) is 25.8 Å². The van der Waals surface area contributed by atoms with Gasteiger partial charge in [0.25, 0.3) is 0 Å². The van der Waals surface area contributed by atoms with Gasteiger partial charge in [-0.1, -0.05) is 5.92 Å². The Hall–Kier alpha value is -2.00. The highest BCUT2D eigenvalue weighted by molar-refractivity contribution is 5.74. The molecule has 6 nitrogen and oxygen atoms in total. The van der Waals surface area contributed by atoms with E-state index in [9.17, 15) is 4.79 Å². The first-order valence-corrected chi connectivity index (χ1v) is 7.76. The van der Waals surface area contributed by atoms with Crippen LogP contribution >= 0.6 is 0 Å². The van der Waals surface area contributed by atoms with Gasteiger partial charge in [0.2, 0.25) is 0 Å². The van der Waals surface area contributed by atoms with Crippen LogP contribution in [0.4, 0.5) is 4.79 Å². The number of carbonyl (C=O) groups is 1. The normalized spacial score (nSPS) is 14.4. The number of rotatable bonds is 5. The molecule has 120 valence electrons. The summed E-state index contributed by atoms with van der Waals surface area (Å²) in [5.74, 6) is 2.61. The number of nitrogens with one attached hydrogen (secondary N) is 1. The second-order valence-electron chi connectivity index (χ2n) is 5.79. The van der Waals surface area contributed by atoms with Crippen molar-refractivity contribution < 1.29 is 4.79 Å². The zero-order valence-corrected chi connectivity index (χ0v) is 13.5. The molecule has 0 aliphatic carbocycles. The highest BCUT2D eigenvalue weighted by atomic mass is 16.2. The number of amides is 2. The number of aromatic nitrogens is 2. The van der Waals surface area contributed by atoms with Crippen LogP contribution in [-0.2, 0) is 20.0 Å². The Balaban J connectivity index is 1.77. The topological polar surface area (TPSA) is 53.4 Å². The third-order valence-electron chi connectivity index (χ3n) is 3.99. The van der Waals surface area contributed by atoms with E-state index < -0.39 is 0 Å². The van der Waals surface area contributed by atoms with Crippen molar-refractivity contribution in [3.63, 3.8) is 0 Å². The fraction of sp³-hybridized carbons (Fsp3) is 0.625. The molecule has 2 amide bonds. The van der Waals surface area contributed by atoms with Gasteiger partial charge in [0.1, 0.15) is 0 Å². The highest BCUT2D eigenvalue weighted by Gasteiger charge is 2.20. The Morgan fingerprint density at radius 3 is 3.18 bits per heavy atom. The number of terminal acetylenes is 1. The molecule has 2 rings (SSSR count). The average molecular weight is 303 g/mol. The number of urea groups is 1. The fourth-order valence-corrected chi connectivity index (χ4v) is 2.75. The third kappa shape index (κ3) is 4.25. The molecule has 0 bridgehead atoms. The van der Waals surface area contributed by atoms with Crippen molar-refractivity contribution in [3.8, 4) is 12.3 Å². The summed E-state index contributed by atoms with van der Waals surface area (Å²) in [7, 11) is 3.95. The van der Waals surface area contributed by atoms with Crippen molar-refractivity contribution >= 4 is 6.03 Å². The van der Waals surface area contributed by atoms with E-state index in [4.69, 9.17) is 6.42 Å². The summed E-state index contributed by atoms with van der Waals surface area (Å²) in [5, 5.41) is 7.28. The zero-order valence-electron chi connectivity index (χ0n) is 13.5. The predicted octanol–water partition coefficient (Wildman–Crippen LogP) is 0.833. The number of hydrogen-bond acceptors (Lipinski definition) is 3. The van der Waals surface area contributed by atoms with Gasteiger partial charge in [0, 0.05) is 37.9 Å². The van der Waals surface area contributed by atoms with E-state index in [1.165, 1.54) is 5.69 Å². The van der Waals surface area contributed by atoms with Crippen molar-refractivity contribution in [1.82, 2.24) is 24.9 Å². The van der Waals surface area contributed by atoms with Crippen LogP contribution in [0, 0.1) is 12.3 Å². The summed E-state index contributed by atoms with van der Waals surface area (Å²) in [4.78, 5) is 16.2. The monoisotopic (exact) mass is 303 g/mol. The SMILES string of the molecule is C#CCN(C)CCCNC(=O)N1CCCc2c(cnn2C)C1. The molecule has 0 saturated heterocycles. The van der Waals surface area contributed by atoms with Gasteiger partial charge in [-0.3, -0.25) is 9.58 Å². The predicted molar refractivity (Wildman–Crippen MR) is 86.3 cm³/mol. The first-order valence-electron chi connectivity index (χ1n) is 7.76. The molecule has 22 heavy (non-hydrogen) atoms. The van der Waals surface area contributed by atoms with Crippen LogP contribution in [0.3, 0.4) is 0 Å². The second kappa shape index (κ2) is 7.85. The van der Waals surface area contributed by atoms with E-state index in [0.29, 0.717) is 19.6 Å². The first-order chi connectivity index (χ1) is 10.6. The standard InChI is InChI=1S/C16H25N5O/c1-4-9-19(2)10-6-8-17-16(22)21-11-5-7-15-14(13-21)12-18-20(15)3/h1,12H,5-11,13H2,2-3H3,(H,17,22). The van der Waals surface area contributed by atoms with E-state index in [1.54, 1.807) is 0 Å². The third-order valence-corrected chi connectivity index (χ3v) is 3.99. The van der Waals surface area contributed by atoms with Gasteiger partial charge in [-0.25, -0.2) is 4.79 Å². The molecule has 0 unspecified atom stereocenters. The minimum absolute atomic E-state index is 0.0105. The van der Waals surface area contributed by atoms with E-state index in [0.717, 1.165) is 37.9 Å². The minimum atomic E-state index is 0.0105. The van der Waals surface area contributed by atoms with Crippen LogP contribution < -0.4 is 5.32 Å². The van der Waals surface area contributed by atoms with Crippen LogP contribution in [-0.4, -0.2) is 58.8 Å². The molecule has 0 saturated carbocycles. The molecule has 0 atom stereocenters. The van der Waals surface area contributed by atoms with Crippen LogP contribution in [0.5, 0.6) is 0 Å². The van der Waals surface area contributed by atoms with E-state index >= 15 is 0 Å². The molecule has 1 aliphatic rings. The average Bonchev–Trinajstić information content (AvgIpc) is 2.73. The van der Waals surface area contributed by atoms with Gasteiger partial charge in [0.15, 0.2) is 0 Å². The molecular formula is C16H25N5O.